The summed E-state index contributed by atoms with van der Waals surface area (Å²) in [4.78, 5) is 29.4. The molecule has 1 aromatic carbocycles. The first-order chi connectivity index (χ1) is 14.5. The average Bonchev–Trinajstić information content (AvgIpc) is 3.05. The molecule has 1 aromatic heterocycles. The number of carbonyl (C=O) groups is 2. The number of nitrogens with one attached hydrogen (secondary N) is 1. The Morgan fingerprint density at radius 2 is 1.71 bits per heavy atom. The van der Waals surface area contributed by atoms with Gasteiger partial charge in [-0.3, -0.25) is 14.9 Å². The summed E-state index contributed by atoms with van der Waals surface area (Å²) in [6.07, 6.45) is 3.93. The molecule has 2 aliphatic rings. The van der Waals surface area contributed by atoms with Crippen LogP contribution in [0.15, 0.2) is 35.4 Å². The molecule has 0 atom stereocenters. The van der Waals surface area contributed by atoms with Crippen molar-refractivity contribution in [2.24, 2.45) is 0 Å². The molecule has 31 heavy (non-hydrogen) atoms. The molecular weight excluding hydrogens is 408 g/mol. The summed E-state index contributed by atoms with van der Waals surface area (Å²) in [6.45, 7) is 11.2. The lowest BCUT2D eigenvalue weighted by molar-refractivity contribution is -0.115. The van der Waals surface area contributed by atoms with Crippen LogP contribution in [-0.2, 0) is 15.6 Å². The van der Waals surface area contributed by atoms with E-state index in [1.165, 1.54) is 11.1 Å². The fourth-order valence-electron chi connectivity index (χ4n) is 4.53. The molecular formula is C25H28N2O3S. The topological polar surface area (TPSA) is 68.3 Å². The van der Waals surface area contributed by atoms with Crippen molar-refractivity contribution in [2.45, 2.75) is 58.3 Å². The quantitative estimate of drug-likeness (QED) is 0.645. The molecule has 1 saturated heterocycles. The highest BCUT2D eigenvalue weighted by atomic mass is 32.2. The van der Waals surface area contributed by atoms with Gasteiger partial charge < -0.3 is 4.74 Å². The van der Waals surface area contributed by atoms with Crippen molar-refractivity contribution in [3.05, 3.63) is 63.2 Å². The lowest BCUT2D eigenvalue weighted by atomic mass is 9.62. The van der Waals surface area contributed by atoms with E-state index in [4.69, 9.17) is 4.74 Å². The fourth-order valence-corrected chi connectivity index (χ4v) is 5.33. The zero-order valence-corrected chi connectivity index (χ0v) is 19.7. The van der Waals surface area contributed by atoms with E-state index in [9.17, 15) is 9.59 Å². The molecule has 1 aliphatic carbocycles. The summed E-state index contributed by atoms with van der Waals surface area (Å²) in [7, 11) is 1.57. The molecule has 1 aliphatic heterocycles. The number of aromatic nitrogens is 1. The second-order valence-electron chi connectivity index (χ2n) is 9.62. The van der Waals surface area contributed by atoms with Gasteiger partial charge in [-0.25, -0.2) is 4.98 Å². The second-order valence-corrected chi connectivity index (χ2v) is 10.6. The Labute approximate surface area is 187 Å². The third-order valence-electron chi connectivity index (χ3n) is 6.54. The third-order valence-corrected chi connectivity index (χ3v) is 7.43. The molecule has 0 saturated carbocycles. The number of rotatable bonds is 3. The Kier molecular flexibility index (Phi) is 5.24. The first-order valence-corrected chi connectivity index (χ1v) is 11.3. The molecule has 0 unspecified atom stereocenters. The SMILES string of the molecule is COc1ccc(C(=C2SC(=O)NC2=O)c2cc3c(cc2C)C(C)(C)CCC3(C)C)cn1. The molecule has 1 fully saturated rings. The summed E-state index contributed by atoms with van der Waals surface area (Å²) < 4.78 is 5.20. The van der Waals surface area contributed by atoms with Crippen LogP contribution < -0.4 is 10.1 Å². The Morgan fingerprint density at radius 3 is 2.23 bits per heavy atom. The first-order valence-electron chi connectivity index (χ1n) is 10.5. The molecule has 6 heteroatoms. The number of benzene rings is 1. The average molecular weight is 437 g/mol. The highest BCUT2D eigenvalue weighted by Crippen LogP contribution is 2.48. The number of pyridine rings is 1. The van der Waals surface area contributed by atoms with Gasteiger partial charge in [-0.1, -0.05) is 33.8 Å². The number of nitrogens with zero attached hydrogens (tertiary/aromatic N) is 1. The standard InChI is InChI=1S/C25H28N2O3S/c1-14-11-17-18(25(4,5)10-9-24(17,2)3)12-16(14)20(21-22(28)27-23(29)31-21)15-7-8-19(30-6)26-13-15/h7-8,11-13H,9-10H2,1-6H3,(H,27,28,29). The van der Waals surface area contributed by atoms with Gasteiger partial charge >= 0.3 is 0 Å². The van der Waals surface area contributed by atoms with Gasteiger partial charge in [-0.05, 0) is 76.7 Å². The maximum atomic E-state index is 12.7. The van der Waals surface area contributed by atoms with Gasteiger partial charge in [0.05, 0.1) is 12.0 Å². The van der Waals surface area contributed by atoms with Gasteiger partial charge in [0.15, 0.2) is 0 Å². The van der Waals surface area contributed by atoms with E-state index in [1.54, 1.807) is 19.4 Å². The van der Waals surface area contributed by atoms with Crippen molar-refractivity contribution in [2.75, 3.05) is 7.11 Å². The van der Waals surface area contributed by atoms with Gasteiger partial charge in [-0.15, -0.1) is 0 Å². The van der Waals surface area contributed by atoms with Crippen LogP contribution in [0.4, 0.5) is 4.79 Å². The van der Waals surface area contributed by atoms with E-state index >= 15 is 0 Å². The van der Waals surface area contributed by atoms with Crippen molar-refractivity contribution >= 4 is 28.5 Å². The number of carbonyl (C=O) groups excluding carboxylic acids is 2. The van der Waals surface area contributed by atoms with Crippen molar-refractivity contribution in [3.8, 4) is 5.88 Å². The van der Waals surface area contributed by atoms with E-state index in [-0.39, 0.29) is 22.0 Å². The molecule has 1 N–H and O–H groups in total. The minimum Gasteiger partial charge on any atom is -0.481 e. The van der Waals surface area contributed by atoms with Crippen LogP contribution in [0.5, 0.6) is 5.88 Å². The lowest BCUT2D eigenvalue weighted by Gasteiger charge is -2.42. The summed E-state index contributed by atoms with van der Waals surface area (Å²) in [6, 6.07) is 8.16. The van der Waals surface area contributed by atoms with Crippen molar-refractivity contribution in [1.82, 2.24) is 10.3 Å². The van der Waals surface area contributed by atoms with E-state index in [1.807, 2.05) is 6.07 Å². The van der Waals surface area contributed by atoms with Gasteiger partial charge in [0.25, 0.3) is 11.1 Å². The number of aryl methyl sites for hydroxylation is 1. The van der Waals surface area contributed by atoms with E-state index in [2.05, 4.69) is 57.1 Å². The Bertz CT molecular complexity index is 1110. The normalized spacial score (nSPS) is 20.8. The van der Waals surface area contributed by atoms with Crippen LogP contribution >= 0.6 is 11.8 Å². The number of thioether (sulfide) groups is 1. The molecule has 5 nitrogen and oxygen atoms in total. The van der Waals surface area contributed by atoms with Crippen LogP contribution in [-0.4, -0.2) is 23.2 Å². The number of ether oxygens (including phenoxy) is 1. The molecule has 2 heterocycles. The van der Waals surface area contributed by atoms with Crippen molar-refractivity contribution in [1.29, 1.82) is 0 Å². The van der Waals surface area contributed by atoms with E-state index in [0.717, 1.165) is 46.9 Å². The number of hydrogen-bond donors (Lipinski definition) is 1. The van der Waals surface area contributed by atoms with Crippen LogP contribution in [0.2, 0.25) is 0 Å². The first kappa shape index (κ1) is 21.6. The lowest BCUT2D eigenvalue weighted by Crippen LogP contribution is -2.34. The fraction of sp³-hybridized carbons (Fsp3) is 0.400. The van der Waals surface area contributed by atoms with E-state index < -0.39 is 0 Å². The van der Waals surface area contributed by atoms with Crippen molar-refractivity contribution < 1.29 is 14.3 Å². The van der Waals surface area contributed by atoms with Crippen LogP contribution in [0, 0.1) is 6.92 Å². The zero-order chi connectivity index (χ0) is 22.6. The van der Waals surface area contributed by atoms with Gasteiger partial charge in [0.2, 0.25) is 5.88 Å². The van der Waals surface area contributed by atoms with Gasteiger partial charge in [-0.2, -0.15) is 0 Å². The minimum atomic E-state index is -0.363. The van der Waals surface area contributed by atoms with Crippen molar-refractivity contribution in [3.63, 3.8) is 0 Å². The number of methoxy groups -OCH3 is 1. The minimum absolute atomic E-state index is 0.0299. The Hall–Kier alpha value is -2.60. The number of amides is 2. The zero-order valence-electron chi connectivity index (χ0n) is 18.9. The molecule has 0 radical (unpaired) electrons. The van der Waals surface area contributed by atoms with Crippen LogP contribution in [0.25, 0.3) is 5.57 Å². The largest absolute Gasteiger partial charge is 0.481 e. The number of imide groups is 1. The Balaban J connectivity index is 2.00. The molecule has 4 rings (SSSR count). The van der Waals surface area contributed by atoms with Crippen LogP contribution in [0.3, 0.4) is 0 Å². The molecule has 0 bridgehead atoms. The Morgan fingerprint density at radius 1 is 1.06 bits per heavy atom. The summed E-state index contributed by atoms with van der Waals surface area (Å²) >= 11 is 0.948. The van der Waals surface area contributed by atoms with Gasteiger partial charge in [0.1, 0.15) is 0 Å². The highest BCUT2D eigenvalue weighted by Gasteiger charge is 2.38. The maximum Gasteiger partial charge on any atom is 0.290 e. The van der Waals surface area contributed by atoms with Crippen LogP contribution in [0.1, 0.15) is 68.4 Å². The monoisotopic (exact) mass is 436 g/mol. The number of fused-ring (bicyclic) bond motifs is 1. The molecule has 2 amide bonds. The second kappa shape index (κ2) is 7.52. The molecule has 0 spiro atoms. The van der Waals surface area contributed by atoms with E-state index in [0.29, 0.717) is 10.8 Å². The molecule has 162 valence electrons. The van der Waals surface area contributed by atoms with Gasteiger partial charge in [0, 0.05) is 23.4 Å². The summed E-state index contributed by atoms with van der Waals surface area (Å²) in [5, 5.41) is 2.05. The summed E-state index contributed by atoms with van der Waals surface area (Å²) in [5.41, 5.74) is 6.35. The summed E-state index contributed by atoms with van der Waals surface area (Å²) in [5.74, 6) is 0.135. The number of hydrogen-bond acceptors (Lipinski definition) is 5. The predicted molar refractivity (Wildman–Crippen MR) is 124 cm³/mol. The third kappa shape index (κ3) is 3.78. The molecule has 2 aromatic rings. The predicted octanol–water partition coefficient (Wildman–Crippen LogP) is 5.49. The smallest absolute Gasteiger partial charge is 0.290 e. The highest BCUT2D eigenvalue weighted by molar-refractivity contribution is 8.18. The maximum absolute atomic E-state index is 12.7.